The van der Waals surface area contributed by atoms with Crippen molar-refractivity contribution in [1.29, 1.82) is 0 Å². The smallest absolute Gasteiger partial charge is 0.409 e. The Bertz CT molecular complexity index is 1390. The van der Waals surface area contributed by atoms with Gasteiger partial charge in [-0.25, -0.2) is 9.79 Å². The van der Waals surface area contributed by atoms with Gasteiger partial charge in [-0.05, 0) is 41.9 Å². The molecule has 0 saturated carbocycles. The number of aliphatic imine (C=N–C) groups is 1. The van der Waals surface area contributed by atoms with E-state index in [-0.39, 0.29) is 19.0 Å². The number of methoxy groups -OCH3 is 1. The topological polar surface area (TPSA) is 83.3 Å². The second kappa shape index (κ2) is 9.18. The summed E-state index contributed by atoms with van der Waals surface area (Å²) in [5.74, 6) is 1.07. The number of rotatable bonds is 5. The lowest BCUT2D eigenvalue weighted by Gasteiger charge is -2.43. The molecule has 2 amide bonds. The van der Waals surface area contributed by atoms with Crippen molar-refractivity contribution in [3.8, 4) is 11.1 Å². The summed E-state index contributed by atoms with van der Waals surface area (Å²) in [4.78, 5) is 34.1. The van der Waals surface area contributed by atoms with Crippen LogP contribution in [0.4, 0.5) is 4.79 Å². The zero-order valence-corrected chi connectivity index (χ0v) is 22.1. The number of likely N-dealkylation sites (tertiary alicyclic amines) is 1. The van der Waals surface area contributed by atoms with Crippen LogP contribution in [0.15, 0.2) is 53.7 Å². The number of hydrogen-bond acceptors (Lipinski definition) is 7. The van der Waals surface area contributed by atoms with E-state index in [1.54, 1.807) is 11.9 Å². The predicted octanol–water partition coefficient (Wildman–Crippen LogP) is 3.25. The van der Waals surface area contributed by atoms with Crippen LogP contribution in [0.25, 0.3) is 22.0 Å². The van der Waals surface area contributed by atoms with E-state index in [1.165, 1.54) is 12.0 Å². The molecule has 1 atom stereocenters. The summed E-state index contributed by atoms with van der Waals surface area (Å²) in [5, 5.41) is 5.44. The Kier molecular flexibility index (Phi) is 5.95. The lowest BCUT2D eigenvalue weighted by molar-refractivity contribution is -0.136. The van der Waals surface area contributed by atoms with E-state index in [0.717, 1.165) is 47.1 Å². The molecule has 2 saturated heterocycles. The largest absolute Gasteiger partial charge is 0.453 e. The Morgan fingerprint density at radius 3 is 2.57 bits per heavy atom. The van der Waals surface area contributed by atoms with Crippen LogP contribution >= 0.6 is 11.9 Å². The summed E-state index contributed by atoms with van der Waals surface area (Å²) in [5.41, 5.74) is 3.29. The summed E-state index contributed by atoms with van der Waals surface area (Å²) in [7, 11) is 3.30. The number of carbonyl (C=O) groups excluding carboxylic acids is 2. The minimum Gasteiger partial charge on any atom is -0.453 e. The fourth-order valence-corrected chi connectivity index (χ4v) is 6.27. The number of amidine groups is 1. The lowest BCUT2D eigenvalue weighted by atomic mass is 9.90. The van der Waals surface area contributed by atoms with E-state index in [9.17, 15) is 9.59 Å². The van der Waals surface area contributed by atoms with E-state index in [4.69, 9.17) is 9.73 Å². The number of fused-ring (bicyclic) bond motifs is 1. The van der Waals surface area contributed by atoms with Crippen LogP contribution in [0.3, 0.4) is 0 Å². The third-order valence-electron chi connectivity index (χ3n) is 7.73. The molecule has 10 heteroatoms. The van der Waals surface area contributed by atoms with Crippen molar-refractivity contribution >= 4 is 40.7 Å². The van der Waals surface area contributed by atoms with Gasteiger partial charge in [0.05, 0.1) is 31.9 Å². The quantitative estimate of drug-likeness (QED) is 0.483. The summed E-state index contributed by atoms with van der Waals surface area (Å²) in [6, 6.07) is 14.6. The van der Waals surface area contributed by atoms with Gasteiger partial charge in [0.15, 0.2) is 5.54 Å². The second-order valence-corrected chi connectivity index (χ2v) is 10.9. The molecule has 2 fully saturated rings. The number of carbonyl (C=O) groups is 2. The highest BCUT2D eigenvalue weighted by atomic mass is 32.2. The van der Waals surface area contributed by atoms with Crippen LogP contribution in [0, 0.1) is 5.92 Å². The SMILES string of the molecule is COC(=O)N1CC2(C1)N=C(c1ccc(-c3ccc4c(cnn4C)c3)cc1)N(CC1CCN(SC)C1)C2=O. The molecule has 192 valence electrons. The van der Waals surface area contributed by atoms with Gasteiger partial charge in [-0.1, -0.05) is 42.3 Å². The van der Waals surface area contributed by atoms with E-state index in [1.807, 2.05) is 35.0 Å². The van der Waals surface area contributed by atoms with Crippen molar-refractivity contribution in [2.75, 3.05) is 46.1 Å². The molecular weight excluding hydrogens is 488 g/mol. The molecule has 0 radical (unpaired) electrons. The summed E-state index contributed by atoms with van der Waals surface area (Å²) in [6.45, 7) is 3.12. The van der Waals surface area contributed by atoms with Crippen molar-refractivity contribution in [3.63, 3.8) is 0 Å². The molecule has 1 spiro atoms. The molecule has 0 aliphatic carbocycles. The maximum absolute atomic E-state index is 13.7. The van der Waals surface area contributed by atoms with Gasteiger partial charge in [0, 0.05) is 37.6 Å². The van der Waals surface area contributed by atoms with Gasteiger partial charge in [-0.3, -0.25) is 18.7 Å². The van der Waals surface area contributed by atoms with Crippen molar-refractivity contribution in [1.82, 2.24) is 23.9 Å². The van der Waals surface area contributed by atoms with Gasteiger partial charge < -0.3 is 9.64 Å². The Morgan fingerprint density at radius 1 is 1.14 bits per heavy atom. The fraction of sp³-hybridized carbons (Fsp3) is 0.407. The van der Waals surface area contributed by atoms with Gasteiger partial charge in [0.1, 0.15) is 5.84 Å². The number of amides is 2. The Labute approximate surface area is 220 Å². The molecule has 9 nitrogen and oxygen atoms in total. The Balaban J connectivity index is 1.29. The van der Waals surface area contributed by atoms with Crippen molar-refractivity contribution in [3.05, 3.63) is 54.2 Å². The predicted molar refractivity (Wildman–Crippen MR) is 144 cm³/mol. The third kappa shape index (κ3) is 4.08. The van der Waals surface area contributed by atoms with E-state index in [0.29, 0.717) is 18.3 Å². The third-order valence-corrected chi connectivity index (χ3v) is 8.57. The van der Waals surface area contributed by atoms with Crippen molar-refractivity contribution in [2.45, 2.75) is 12.0 Å². The summed E-state index contributed by atoms with van der Waals surface area (Å²) >= 11 is 1.75. The number of ether oxygens (including phenoxy) is 1. The number of aryl methyl sites for hydroxylation is 1. The van der Waals surface area contributed by atoms with Gasteiger partial charge >= 0.3 is 6.09 Å². The fourth-order valence-electron chi connectivity index (χ4n) is 5.62. The number of hydrogen-bond donors (Lipinski definition) is 0. The van der Waals surface area contributed by atoms with Crippen LogP contribution in [-0.2, 0) is 16.6 Å². The first-order valence-corrected chi connectivity index (χ1v) is 13.7. The first-order chi connectivity index (χ1) is 17.9. The molecule has 4 heterocycles. The average molecular weight is 519 g/mol. The van der Waals surface area contributed by atoms with Gasteiger partial charge in [-0.2, -0.15) is 5.10 Å². The molecular formula is C27H30N6O3S. The molecule has 3 aliphatic rings. The molecule has 6 rings (SSSR count). The normalized spacial score (nSPS) is 21.1. The number of nitrogens with zero attached hydrogens (tertiary/aromatic N) is 6. The van der Waals surface area contributed by atoms with E-state index >= 15 is 0 Å². The molecule has 37 heavy (non-hydrogen) atoms. The Morgan fingerprint density at radius 2 is 1.86 bits per heavy atom. The standard InChI is InChI=1S/C27H30N6O3S/c1-30-23-9-8-21(12-22(23)13-28-30)19-4-6-20(7-5-19)24-29-27(16-31(17-27)26(35)36-2)25(34)33(24)15-18-10-11-32(14-18)37-3/h4-9,12-13,18H,10-11,14-17H2,1-3H3. The van der Waals surface area contributed by atoms with E-state index < -0.39 is 11.6 Å². The minimum atomic E-state index is -0.911. The Hall–Kier alpha value is -3.37. The molecule has 2 aromatic carbocycles. The molecule has 1 aromatic heterocycles. The molecule has 0 bridgehead atoms. The molecule has 3 aromatic rings. The van der Waals surface area contributed by atoms with Gasteiger partial charge in [-0.15, -0.1) is 0 Å². The zero-order valence-electron chi connectivity index (χ0n) is 21.3. The summed E-state index contributed by atoms with van der Waals surface area (Å²) in [6.07, 6.45) is 4.60. The molecule has 3 aliphatic heterocycles. The van der Waals surface area contributed by atoms with Crippen LogP contribution < -0.4 is 0 Å². The molecule has 0 N–H and O–H groups in total. The van der Waals surface area contributed by atoms with Crippen LogP contribution in [-0.4, -0.2) is 93.3 Å². The van der Waals surface area contributed by atoms with Crippen LogP contribution in [0.1, 0.15) is 12.0 Å². The highest BCUT2D eigenvalue weighted by Gasteiger charge is 2.58. The minimum absolute atomic E-state index is 0.0173. The van der Waals surface area contributed by atoms with Crippen molar-refractivity contribution < 1.29 is 14.3 Å². The van der Waals surface area contributed by atoms with E-state index in [2.05, 4.69) is 46.0 Å². The second-order valence-electron chi connectivity index (χ2n) is 10.1. The van der Waals surface area contributed by atoms with Crippen LogP contribution in [0.5, 0.6) is 0 Å². The van der Waals surface area contributed by atoms with Gasteiger partial charge in [0.25, 0.3) is 5.91 Å². The lowest BCUT2D eigenvalue weighted by Crippen LogP contribution is -2.66. The zero-order chi connectivity index (χ0) is 25.7. The molecule has 1 unspecified atom stereocenters. The maximum Gasteiger partial charge on any atom is 0.409 e. The highest BCUT2D eigenvalue weighted by molar-refractivity contribution is 7.96. The summed E-state index contributed by atoms with van der Waals surface area (Å²) < 4.78 is 9.05. The van der Waals surface area contributed by atoms with Gasteiger partial charge in [0.2, 0.25) is 0 Å². The maximum atomic E-state index is 13.7. The van der Waals surface area contributed by atoms with Crippen molar-refractivity contribution in [2.24, 2.45) is 18.0 Å². The first kappa shape index (κ1) is 24.0. The number of aromatic nitrogens is 2. The highest BCUT2D eigenvalue weighted by Crippen LogP contribution is 2.36. The number of benzene rings is 2. The van der Waals surface area contributed by atoms with Crippen LogP contribution in [0.2, 0.25) is 0 Å². The average Bonchev–Trinajstić information content (AvgIpc) is 3.59. The monoisotopic (exact) mass is 518 g/mol. The first-order valence-electron chi connectivity index (χ1n) is 12.5.